The molecule has 0 spiro atoms. The molecule has 0 aromatic carbocycles. The first-order valence-corrected chi connectivity index (χ1v) is 7.59. The van der Waals surface area contributed by atoms with Crippen LogP contribution in [0.2, 0.25) is 0 Å². The number of carbonyl (C=O) groups excluding carboxylic acids is 1. The summed E-state index contributed by atoms with van der Waals surface area (Å²) in [5.41, 5.74) is 0. The van der Waals surface area contributed by atoms with E-state index in [2.05, 4.69) is 4.74 Å². The average Bonchev–Trinajstić information content (AvgIpc) is 2.50. The standard InChI is InChI=1S/C11H5F16IO2/c1-3(29)30-2-4(12,13)5(14,15)6(16,17)7(18,19)8(20,21)9(22,23)10(24,25)11(26,27)28/h2H2,1H3. The van der Waals surface area contributed by atoms with E-state index < -0.39 is 80.6 Å². The van der Waals surface area contributed by atoms with E-state index in [-0.39, 0.29) is 6.92 Å². The van der Waals surface area contributed by atoms with E-state index in [4.69, 9.17) is 0 Å². The van der Waals surface area contributed by atoms with Gasteiger partial charge in [0.2, 0.25) is 0 Å². The third kappa shape index (κ3) is 3.97. The van der Waals surface area contributed by atoms with Crippen molar-refractivity contribution in [3.05, 3.63) is 0 Å². The largest absolute Gasteiger partial charge is 0.459 e. The molecular weight excluding hydrogens is 595 g/mol. The highest BCUT2D eigenvalue weighted by Gasteiger charge is 2.94. The van der Waals surface area contributed by atoms with Gasteiger partial charge >= 0.3 is 51.4 Å². The zero-order valence-corrected chi connectivity index (χ0v) is 15.6. The second kappa shape index (κ2) is 7.59. The van der Waals surface area contributed by atoms with Crippen LogP contribution in [-0.2, 0) is 9.53 Å². The molecule has 0 atom stereocenters. The van der Waals surface area contributed by atoms with Crippen molar-refractivity contribution >= 4 is 28.6 Å². The van der Waals surface area contributed by atoms with Gasteiger partial charge in [0, 0.05) is 29.5 Å². The summed E-state index contributed by atoms with van der Waals surface area (Å²) in [5, 5.41) is 0. The van der Waals surface area contributed by atoms with Crippen LogP contribution in [-0.4, -0.2) is 58.0 Å². The quantitative estimate of drug-likeness (QED) is 0.140. The van der Waals surface area contributed by atoms with Gasteiger partial charge in [0.25, 0.3) is 0 Å². The fraction of sp³-hybridized carbons (Fsp3) is 0.909. The van der Waals surface area contributed by atoms with Crippen LogP contribution in [0.3, 0.4) is 0 Å². The Kier molecular flexibility index (Phi) is 7.36. The summed E-state index contributed by atoms with van der Waals surface area (Å²) in [5.74, 6) is -57.2. The molecule has 2 nitrogen and oxygen atoms in total. The Morgan fingerprint density at radius 2 is 0.867 bits per heavy atom. The van der Waals surface area contributed by atoms with Gasteiger partial charge in [0.05, 0.1) is 0 Å². The van der Waals surface area contributed by atoms with E-state index in [0.29, 0.717) is 0 Å². The predicted molar refractivity (Wildman–Crippen MR) is 70.2 cm³/mol. The molecule has 0 aromatic heterocycles. The van der Waals surface area contributed by atoms with Gasteiger partial charge in [-0.05, 0) is 0 Å². The Hall–Kier alpha value is -0.920. The molecular formula is C11H5F16IO2. The highest BCUT2D eigenvalue weighted by atomic mass is 127. The van der Waals surface area contributed by atoms with Gasteiger partial charge < -0.3 is 4.74 Å². The Balaban J connectivity index is 6.58. The van der Waals surface area contributed by atoms with Crippen molar-refractivity contribution in [2.75, 3.05) is 6.61 Å². The number of hydrogen-bond donors (Lipinski definition) is 0. The SMILES string of the molecule is CC(=O)OCC(F)(F)C(F)(F)C(F)(F)C(F)(F)C(F)(F)C(F)(F)C(F)(F)C(F)(F)I. The predicted octanol–water partition coefficient (Wildman–Crippen LogP) is 6.02. The highest BCUT2D eigenvalue weighted by molar-refractivity contribution is 14.1. The summed E-state index contributed by atoms with van der Waals surface area (Å²) in [4.78, 5) is 10.2. The second-order valence-electron chi connectivity index (χ2n) is 5.43. The molecule has 0 radical (unpaired) electrons. The zero-order valence-electron chi connectivity index (χ0n) is 13.4. The first-order valence-electron chi connectivity index (χ1n) is 6.51. The molecule has 0 fully saturated rings. The van der Waals surface area contributed by atoms with E-state index in [1.807, 2.05) is 0 Å². The molecule has 0 aliphatic carbocycles. The van der Waals surface area contributed by atoms with Gasteiger partial charge in [-0.2, -0.15) is 70.2 Å². The Morgan fingerprint density at radius 3 is 1.13 bits per heavy atom. The molecule has 30 heavy (non-hydrogen) atoms. The number of hydrogen-bond acceptors (Lipinski definition) is 2. The average molecular weight is 600 g/mol. The number of alkyl halides is 17. The lowest BCUT2D eigenvalue weighted by Crippen LogP contribution is -2.74. The molecule has 0 aliphatic rings. The van der Waals surface area contributed by atoms with E-state index in [1.165, 1.54) is 0 Å². The molecule has 0 bridgehead atoms. The van der Waals surface area contributed by atoms with Crippen molar-refractivity contribution in [3.63, 3.8) is 0 Å². The van der Waals surface area contributed by atoms with Gasteiger partial charge in [-0.15, -0.1) is 0 Å². The molecule has 0 N–H and O–H groups in total. The van der Waals surface area contributed by atoms with Crippen LogP contribution in [0.1, 0.15) is 6.92 Å². The van der Waals surface area contributed by atoms with Crippen molar-refractivity contribution in [1.29, 1.82) is 0 Å². The molecule has 0 saturated carbocycles. The first kappa shape index (κ1) is 29.1. The summed E-state index contributed by atoms with van der Waals surface area (Å²) in [7, 11) is 0. The Bertz CT molecular complexity index is 652. The van der Waals surface area contributed by atoms with Crippen LogP contribution >= 0.6 is 22.6 Å². The lowest BCUT2D eigenvalue weighted by molar-refractivity contribution is -0.448. The van der Waals surface area contributed by atoms with Crippen LogP contribution in [0.15, 0.2) is 0 Å². The molecule has 180 valence electrons. The summed E-state index contributed by atoms with van der Waals surface area (Å²) in [6.07, 6.45) is 0. The summed E-state index contributed by atoms with van der Waals surface area (Å²) < 4.78 is 207. The number of halogens is 17. The van der Waals surface area contributed by atoms with Crippen LogP contribution in [0.5, 0.6) is 0 Å². The van der Waals surface area contributed by atoms with E-state index >= 15 is 0 Å². The molecule has 0 saturated heterocycles. The molecule has 0 aromatic rings. The summed E-state index contributed by atoms with van der Waals surface area (Å²) >= 11 is -0.966. The molecule has 19 heteroatoms. The maximum atomic E-state index is 13.3. The zero-order chi connectivity index (χ0) is 25.0. The highest BCUT2D eigenvalue weighted by Crippen LogP contribution is 2.64. The number of ether oxygens (including phenoxy) is 1. The van der Waals surface area contributed by atoms with E-state index in [0.717, 1.165) is 0 Å². The maximum absolute atomic E-state index is 13.3. The number of rotatable bonds is 9. The monoisotopic (exact) mass is 600 g/mol. The van der Waals surface area contributed by atoms with Crippen molar-refractivity contribution in [2.24, 2.45) is 0 Å². The molecule has 0 amide bonds. The van der Waals surface area contributed by atoms with Crippen LogP contribution in [0.25, 0.3) is 0 Å². The first-order chi connectivity index (χ1) is 12.7. The van der Waals surface area contributed by atoms with E-state index in [9.17, 15) is 75.0 Å². The maximum Gasteiger partial charge on any atom is 0.387 e. The minimum absolute atomic E-state index is 0.210. The summed E-state index contributed by atoms with van der Waals surface area (Å²) in [6, 6.07) is 0. The lowest BCUT2D eigenvalue weighted by atomic mass is 9.89. The molecule has 0 heterocycles. The van der Waals surface area contributed by atoms with Crippen LogP contribution < -0.4 is 0 Å². The summed E-state index contributed by atoms with van der Waals surface area (Å²) in [6.45, 7) is -2.95. The van der Waals surface area contributed by atoms with Crippen molar-refractivity contribution in [3.8, 4) is 0 Å². The smallest absolute Gasteiger partial charge is 0.387 e. The normalized spacial score (nSPS) is 15.9. The molecule has 0 rings (SSSR count). The third-order valence-corrected chi connectivity index (χ3v) is 3.92. The fourth-order valence-electron chi connectivity index (χ4n) is 1.48. The van der Waals surface area contributed by atoms with Gasteiger partial charge in [-0.1, -0.05) is 0 Å². The lowest BCUT2D eigenvalue weighted by Gasteiger charge is -2.43. The Labute approximate surface area is 168 Å². The van der Waals surface area contributed by atoms with Crippen molar-refractivity contribution in [2.45, 2.75) is 52.3 Å². The fourth-order valence-corrected chi connectivity index (χ4v) is 1.82. The number of esters is 1. The van der Waals surface area contributed by atoms with Crippen molar-refractivity contribution < 1.29 is 79.8 Å². The Morgan fingerprint density at radius 1 is 0.600 bits per heavy atom. The second-order valence-corrected chi connectivity index (χ2v) is 6.78. The van der Waals surface area contributed by atoms with Gasteiger partial charge in [0.1, 0.15) is 0 Å². The minimum Gasteiger partial charge on any atom is -0.459 e. The molecule has 0 aliphatic heterocycles. The van der Waals surface area contributed by atoms with Crippen molar-refractivity contribution in [1.82, 2.24) is 0 Å². The number of carbonyl (C=O) groups is 1. The van der Waals surface area contributed by atoms with Gasteiger partial charge in [-0.25, -0.2) is 0 Å². The third-order valence-electron chi connectivity index (χ3n) is 3.24. The van der Waals surface area contributed by atoms with E-state index in [1.54, 1.807) is 0 Å². The van der Waals surface area contributed by atoms with Crippen LogP contribution in [0, 0.1) is 0 Å². The van der Waals surface area contributed by atoms with Gasteiger partial charge in [0.15, 0.2) is 6.61 Å². The van der Waals surface area contributed by atoms with Gasteiger partial charge in [-0.3, -0.25) is 4.79 Å². The topological polar surface area (TPSA) is 26.3 Å². The minimum atomic E-state index is -8.47. The molecule has 0 unspecified atom stereocenters. The van der Waals surface area contributed by atoms with Crippen LogP contribution in [0.4, 0.5) is 70.2 Å².